The van der Waals surface area contributed by atoms with Gasteiger partial charge in [-0.25, -0.2) is 8.42 Å². The molecule has 3 aromatic rings. The van der Waals surface area contributed by atoms with Crippen LogP contribution in [0.25, 0.3) is 10.2 Å². The van der Waals surface area contributed by atoms with Crippen molar-refractivity contribution in [1.82, 2.24) is 8.87 Å². The van der Waals surface area contributed by atoms with E-state index in [0.29, 0.717) is 59.6 Å². The average molecular weight is 526 g/mol. The van der Waals surface area contributed by atoms with Gasteiger partial charge in [0.25, 0.3) is 15.9 Å². The number of carbonyl (C=O) groups is 1. The number of rotatable bonds is 8. The molecule has 184 valence electrons. The summed E-state index contributed by atoms with van der Waals surface area (Å²) in [6.07, 6.45) is 0.884. The molecular formula is C22H27N3O6S3. The molecule has 0 radical (unpaired) electrons. The number of methoxy groups -OCH3 is 3. The Bertz CT molecular complexity index is 1320. The predicted octanol–water partition coefficient (Wildman–Crippen LogP) is 2.96. The molecule has 0 aliphatic carbocycles. The third-order valence-electron chi connectivity index (χ3n) is 5.81. The van der Waals surface area contributed by atoms with Crippen LogP contribution < -0.4 is 14.3 Å². The average Bonchev–Trinajstić information content (AvgIpc) is 3.50. The van der Waals surface area contributed by atoms with Crippen molar-refractivity contribution in [2.24, 2.45) is 10.9 Å². The van der Waals surface area contributed by atoms with Gasteiger partial charge >= 0.3 is 0 Å². The number of thiazole rings is 1. The fourth-order valence-corrected chi connectivity index (χ4v) is 7.63. The van der Waals surface area contributed by atoms with E-state index in [4.69, 9.17) is 14.2 Å². The molecule has 1 aromatic carbocycles. The summed E-state index contributed by atoms with van der Waals surface area (Å²) in [4.78, 5) is 18.1. The molecule has 0 bridgehead atoms. The Morgan fingerprint density at radius 2 is 1.85 bits per heavy atom. The molecule has 1 amide bonds. The number of ether oxygens (including phenoxy) is 3. The van der Waals surface area contributed by atoms with Crippen LogP contribution in [-0.4, -0.2) is 64.2 Å². The highest BCUT2D eigenvalue weighted by Crippen LogP contribution is 2.33. The van der Waals surface area contributed by atoms with Gasteiger partial charge in [-0.2, -0.15) is 9.30 Å². The SMILES string of the molecule is COCCn1c(=NC(=O)C2CCN(S(=O)(=O)c3cccs3)CC2)sc2cc(OC)c(OC)cc21. The molecule has 1 saturated heterocycles. The molecule has 3 heterocycles. The maximum atomic E-state index is 13.1. The van der Waals surface area contributed by atoms with Crippen molar-refractivity contribution in [3.63, 3.8) is 0 Å². The maximum Gasteiger partial charge on any atom is 0.252 e. The lowest BCUT2D eigenvalue weighted by Crippen LogP contribution is -2.40. The van der Waals surface area contributed by atoms with E-state index in [9.17, 15) is 13.2 Å². The van der Waals surface area contributed by atoms with Crippen molar-refractivity contribution >= 4 is 48.8 Å². The highest BCUT2D eigenvalue weighted by molar-refractivity contribution is 7.91. The van der Waals surface area contributed by atoms with E-state index < -0.39 is 10.0 Å². The standard InChI is InChI=1S/C22H27N3O6S3/c1-29-11-10-25-16-13-17(30-2)18(31-3)14-19(16)33-22(25)23-21(26)15-6-8-24(9-7-15)34(27,28)20-5-4-12-32-20/h4-5,12-15H,6-11H2,1-3H3. The number of benzene rings is 1. The van der Waals surface area contributed by atoms with E-state index in [1.165, 1.54) is 27.0 Å². The number of hydrogen-bond donors (Lipinski definition) is 0. The van der Waals surface area contributed by atoms with Crippen molar-refractivity contribution in [1.29, 1.82) is 0 Å². The second kappa shape index (κ2) is 10.6. The molecule has 1 fully saturated rings. The van der Waals surface area contributed by atoms with Crippen LogP contribution in [-0.2, 0) is 26.1 Å². The molecule has 0 unspecified atom stereocenters. The van der Waals surface area contributed by atoms with Crippen LogP contribution in [0, 0.1) is 5.92 Å². The van der Waals surface area contributed by atoms with Crippen LogP contribution >= 0.6 is 22.7 Å². The first-order chi connectivity index (χ1) is 16.4. The quantitative estimate of drug-likeness (QED) is 0.448. The molecular weight excluding hydrogens is 498 g/mol. The molecule has 1 aliphatic rings. The third-order valence-corrected chi connectivity index (χ3v) is 10.1. The van der Waals surface area contributed by atoms with Crippen LogP contribution in [0.1, 0.15) is 12.8 Å². The Morgan fingerprint density at radius 3 is 2.47 bits per heavy atom. The van der Waals surface area contributed by atoms with Gasteiger partial charge in [0.2, 0.25) is 0 Å². The van der Waals surface area contributed by atoms with Gasteiger partial charge < -0.3 is 18.8 Å². The van der Waals surface area contributed by atoms with Gasteiger partial charge in [0.1, 0.15) is 4.21 Å². The number of aromatic nitrogens is 1. The third kappa shape index (κ3) is 4.91. The maximum absolute atomic E-state index is 13.1. The smallest absolute Gasteiger partial charge is 0.252 e. The molecule has 0 saturated carbocycles. The largest absolute Gasteiger partial charge is 0.493 e. The number of amides is 1. The van der Waals surface area contributed by atoms with E-state index in [-0.39, 0.29) is 11.8 Å². The molecule has 9 nitrogen and oxygen atoms in total. The van der Waals surface area contributed by atoms with Crippen molar-refractivity contribution < 1.29 is 27.4 Å². The van der Waals surface area contributed by atoms with Crippen molar-refractivity contribution in [3.8, 4) is 11.5 Å². The number of piperidine rings is 1. The number of fused-ring (bicyclic) bond motifs is 1. The molecule has 4 rings (SSSR count). The van der Waals surface area contributed by atoms with E-state index in [1.54, 1.807) is 38.8 Å². The second-order valence-electron chi connectivity index (χ2n) is 7.76. The van der Waals surface area contributed by atoms with Gasteiger partial charge in [0.05, 0.1) is 31.0 Å². The Kier molecular flexibility index (Phi) is 7.73. The zero-order valence-corrected chi connectivity index (χ0v) is 21.7. The summed E-state index contributed by atoms with van der Waals surface area (Å²) in [5.74, 6) is 0.647. The van der Waals surface area contributed by atoms with Crippen molar-refractivity contribution in [2.45, 2.75) is 23.6 Å². The van der Waals surface area contributed by atoms with Crippen LogP contribution in [0.3, 0.4) is 0 Å². The molecule has 34 heavy (non-hydrogen) atoms. The Hall–Kier alpha value is -2.25. The number of hydrogen-bond acceptors (Lipinski definition) is 8. The van der Waals surface area contributed by atoms with Gasteiger partial charge in [-0.3, -0.25) is 4.79 Å². The van der Waals surface area contributed by atoms with Gasteiger partial charge in [0.15, 0.2) is 16.3 Å². The molecule has 0 atom stereocenters. The highest BCUT2D eigenvalue weighted by atomic mass is 32.2. The summed E-state index contributed by atoms with van der Waals surface area (Å²) < 4.78 is 46.3. The van der Waals surface area contributed by atoms with Gasteiger partial charge in [0, 0.05) is 44.8 Å². The number of thiophene rings is 1. The van der Waals surface area contributed by atoms with Crippen LogP contribution in [0.15, 0.2) is 38.8 Å². The summed E-state index contributed by atoms with van der Waals surface area (Å²) >= 11 is 2.60. The molecule has 12 heteroatoms. The first kappa shape index (κ1) is 24.9. The van der Waals surface area contributed by atoms with Crippen LogP contribution in [0.2, 0.25) is 0 Å². The Labute approximate surface area is 206 Å². The van der Waals surface area contributed by atoms with Gasteiger partial charge in [-0.15, -0.1) is 11.3 Å². The van der Waals surface area contributed by atoms with Crippen molar-refractivity contribution in [2.75, 3.05) is 41.0 Å². The lowest BCUT2D eigenvalue weighted by atomic mass is 9.98. The van der Waals surface area contributed by atoms with Crippen LogP contribution in [0.4, 0.5) is 0 Å². The van der Waals surface area contributed by atoms with E-state index >= 15 is 0 Å². The van der Waals surface area contributed by atoms with Crippen molar-refractivity contribution in [3.05, 3.63) is 34.4 Å². The fourth-order valence-electron chi connectivity index (χ4n) is 3.95. The monoisotopic (exact) mass is 525 g/mol. The summed E-state index contributed by atoms with van der Waals surface area (Å²) in [6, 6.07) is 7.08. The lowest BCUT2D eigenvalue weighted by molar-refractivity contribution is -0.122. The van der Waals surface area contributed by atoms with E-state index in [1.807, 2.05) is 16.7 Å². The van der Waals surface area contributed by atoms with Gasteiger partial charge in [-0.05, 0) is 24.3 Å². The highest BCUT2D eigenvalue weighted by Gasteiger charge is 2.32. The summed E-state index contributed by atoms with van der Waals surface area (Å²) in [5, 5.41) is 1.75. The minimum absolute atomic E-state index is 0.232. The first-order valence-electron chi connectivity index (χ1n) is 10.8. The first-order valence-corrected chi connectivity index (χ1v) is 13.9. The minimum Gasteiger partial charge on any atom is -0.493 e. The molecule has 2 aromatic heterocycles. The van der Waals surface area contributed by atoms with Gasteiger partial charge in [-0.1, -0.05) is 17.4 Å². The Balaban J connectivity index is 1.59. The topological polar surface area (TPSA) is 99.4 Å². The second-order valence-corrected chi connectivity index (χ2v) is 11.9. The minimum atomic E-state index is -3.50. The number of nitrogens with zero attached hydrogens (tertiary/aromatic N) is 3. The van der Waals surface area contributed by atoms with E-state index in [2.05, 4.69) is 4.99 Å². The lowest BCUT2D eigenvalue weighted by Gasteiger charge is -2.29. The summed E-state index contributed by atoms with van der Waals surface area (Å²) in [7, 11) is 1.28. The fraction of sp³-hybridized carbons (Fsp3) is 0.455. The zero-order chi connectivity index (χ0) is 24.3. The molecule has 1 aliphatic heterocycles. The molecule has 0 spiro atoms. The molecule has 0 N–H and O–H groups in total. The number of carbonyl (C=O) groups excluding carboxylic acids is 1. The number of sulfonamides is 1. The summed E-state index contributed by atoms with van der Waals surface area (Å²) in [6.45, 7) is 1.59. The van der Waals surface area contributed by atoms with Crippen LogP contribution in [0.5, 0.6) is 11.5 Å². The normalized spacial score (nSPS) is 16.3. The predicted molar refractivity (Wildman–Crippen MR) is 131 cm³/mol. The zero-order valence-electron chi connectivity index (χ0n) is 19.2. The summed E-state index contributed by atoms with van der Waals surface area (Å²) in [5.41, 5.74) is 0.878. The Morgan fingerprint density at radius 1 is 1.15 bits per heavy atom. The van der Waals surface area contributed by atoms with E-state index in [0.717, 1.165) is 10.2 Å².